The molecule has 1 saturated heterocycles. The highest BCUT2D eigenvalue weighted by Gasteiger charge is 2.26. The summed E-state index contributed by atoms with van der Waals surface area (Å²) in [6.45, 7) is 8.24. The van der Waals surface area contributed by atoms with Gasteiger partial charge >= 0.3 is 6.03 Å². The number of imide groups is 1. The summed E-state index contributed by atoms with van der Waals surface area (Å²) in [7, 11) is 1.59. The van der Waals surface area contributed by atoms with E-state index in [0.717, 1.165) is 43.1 Å². The fourth-order valence-corrected chi connectivity index (χ4v) is 3.23. The largest absolute Gasteiger partial charge is 0.496 e. The van der Waals surface area contributed by atoms with E-state index < -0.39 is 6.03 Å². The van der Waals surface area contributed by atoms with Crippen molar-refractivity contribution in [1.82, 2.24) is 10.6 Å². The van der Waals surface area contributed by atoms with Crippen LogP contribution < -0.4 is 25.2 Å². The molecule has 0 spiro atoms. The highest BCUT2D eigenvalue weighted by molar-refractivity contribution is 5.94. The number of nitrogens with one attached hydrogen (secondary N) is 4. The molecule has 4 N–H and O–H groups in total. The first kappa shape index (κ1) is 21.1. The van der Waals surface area contributed by atoms with Crippen LogP contribution in [0.1, 0.15) is 25.8 Å². The average Bonchev–Trinajstić information content (AvgIpc) is 2.63. The van der Waals surface area contributed by atoms with Crippen molar-refractivity contribution in [2.45, 2.75) is 32.9 Å². The Balaban J connectivity index is 1.76. The molecule has 1 aromatic rings. The van der Waals surface area contributed by atoms with Crippen molar-refractivity contribution in [3.8, 4) is 5.75 Å². The molecule has 27 heavy (non-hydrogen) atoms. The molecule has 150 valence electrons. The van der Waals surface area contributed by atoms with Gasteiger partial charge in [0.25, 0.3) is 5.91 Å². The van der Waals surface area contributed by atoms with Crippen LogP contribution in [0.15, 0.2) is 18.2 Å². The number of ether oxygens (including phenoxy) is 1. The van der Waals surface area contributed by atoms with Gasteiger partial charge in [-0.2, -0.15) is 0 Å². The van der Waals surface area contributed by atoms with Crippen molar-refractivity contribution in [3.05, 3.63) is 29.6 Å². The molecule has 0 aliphatic carbocycles. The van der Waals surface area contributed by atoms with Gasteiger partial charge in [-0.3, -0.25) is 10.1 Å². The highest BCUT2D eigenvalue weighted by atomic mass is 19.1. The van der Waals surface area contributed by atoms with Gasteiger partial charge in [0.15, 0.2) is 6.54 Å². The van der Waals surface area contributed by atoms with E-state index in [-0.39, 0.29) is 24.3 Å². The molecule has 8 heteroatoms. The molecule has 2 rings (SSSR count). The van der Waals surface area contributed by atoms with E-state index in [0.29, 0.717) is 12.3 Å². The lowest BCUT2D eigenvalue weighted by Gasteiger charge is -2.29. The van der Waals surface area contributed by atoms with Gasteiger partial charge in [0.05, 0.1) is 12.7 Å². The van der Waals surface area contributed by atoms with Gasteiger partial charge in [-0.05, 0) is 31.5 Å². The number of halogens is 1. The molecule has 0 unspecified atom stereocenters. The molecule has 7 nitrogen and oxygen atoms in total. The number of methoxy groups -OCH3 is 1. The summed E-state index contributed by atoms with van der Waals surface area (Å²) in [6, 6.07) is 4.18. The van der Waals surface area contributed by atoms with Gasteiger partial charge in [-0.15, -0.1) is 0 Å². The zero-order valence-corrected chi connectivity index (χ0v) is 16.4. The highest BCUT2D eigenvalue weighted by Crippen LogP contribution is 2.18. The molecule has 3 amide bonds. The van der Waals surface area contributed by atoms with Crippen LogP contribution in [0.3, 0.4) is 0 Å². The van der Waals surface area contributed by atoms with Gasteiger partial charge in [-0.1, -0.05) is 6.92 Å². The average molecular weight is 382 g/mol. The van der Waals surface area contributed by atoms with Gasteiger partial charge in [0.2, 0.25) is 0 Å². The maximum Gasteiger partial charge on any atom is 0.321 e. The predicted molar refractivity (Wildman–Crippen MR) is 99.3 cm³/mol. The first-order chi connectivity index (χ1) is 12.9. The number of amides is 3. The molecule has 0 aromatic heterocycles. The molecule has 1 heterocycles. The van der Waals surface area contributed by atoms with E-state index in [1.165, 1.54) is 17.0 Å². The fourth-order valence-electron chi connectivity index (χ4n) is 3.23. The molecular weight excluding hydrogens is 351 g/mol. The molecule has 0 bridgehead atoms. The first-order valence-electron chi connectivity index (χ1n) is 9.51. The second kappa shape index (κ2) is 10.2. The lowest BCUT2D eigenvalue weighted by atomic mass is 10.1. The molecular formula is C19H31FN4O3+2. The summed E-state index contributed by atoms with van der Waals surface area (Å²) < 4.78 is 18.8. The van der Waals surface area contributed by atoms with Crippen molar-refractivity contribution in [2.24, 2.45) is 0 Å². The third kappa shape index (κ3) is 6.80. The molecule has 1 atom stereocenters. The second-order valence-electron chi connectivity index (χ2n) is 7.14. The number of piperazine rings is 1. The number of benzene rings is 1. The van der Waals surface area contributed by atoms with Gasteiger partial charge in [0.1, 0.15) is 44.3 Å². The standard InChI is InChI=1S/C19H29FN4O3/c1-4-14(2)21-19(26)22-18(25)13-24-9-7-23(8-10-24)12-15-11-16(20)5-6-17(15)27-3/h5-6,11,14H,4,7-10,12-13H2,1-3H3,(H2,21,22,25,26)/p+2/t14-/m0/s1. The Bertz CT molecular complexity index is 648. The number of urea groups is 1. The van der Waals surface area contributed by atoms with E-state index in [1.54, 1.807) is 13.2 Å². The fraction of sp³-hybridized carbons (Fsp3) is 0.579. The van der Waals surface area contributed by atoms with Crippen molar-refractivity contribution < 1.29 is 28.5 Å². The Labute approximate surface area is 159 Å². The maximum atomic E-state index is 13.5. The van der Waals surface area contributed by atoms with Crippen molar-refractivity contribution in [1.29, 1.82) is 0 Å². The van der Waals surface area contributed by atoms with E-state index in [4.69, 9.17) is 4.74 Å². The van der Waals surface area contributed by atoms with Crippen LogP contribution in [0, 0.1) is 5.82 Å². The number of carbonyl (C=O) groups excluding carboxylic acids is 2. The molecule has 0 radical (unpaired) electrons. The van der Waals surface area contributed by atoms with Crippen molar-refractivity contribution in [3.63, 3.8) is 0 Å². The quantitative estimate of drug-likeness (QED) is 0.476. The van der Waals surface area contributed by atoms with E-state index in [9.17, 15) is 14.0 Å². The van der Waals surface area contributed by atoms with Crippen LogP contribution in [-0.4, -0.2) is 57.8 Å². The number of hydrogen-bond donors (Lipinski definition) is 4. The smallest absolute Gasteiger partial charge is 0.321 e. The summed E-state index contributed by atoms with van der Waals surface area (Å²) >= 11 is 0. The predicted octanol–water partition coefficient (Wildman–Crippen LogP) is -1.26. The lowest BCUT2D eigenvalue weighted by molar-refractivity contribution is -1.02. The Morgan fingerprint density at radius 3 is 2.52 bits per heavy atom. The van der Waals surface area contributed by atoms with Crippen LogP contribution in [0.2, 0.25) is 0 Å². The molecule has 1 aliphatic heterocycles. The summed E-state index contributed by atoms with van der Waals surface area (Å²) in [4.78, 5) is 26.2. The monoisotopic (exact) mass is 382 g/mol. The van der Waals surface area contributed by atoms with Crippen molar-refractivity contribution in [2.75, 3.05) is 39.8 Å². The number of rotatable bonds is 7. The van der Waals surface area contributed by atoms with Crippen LogP contribution >= 0.6 is 0 Å². The molecule has 1 fully saturated rings. The molecule has 0 saturated carbocycles. The van der Waals surface area contributed by atoms with Crippen LogP contribution in [0.4, 0.5) is 9.18 Å². The van der Waals surface area contributed by atoms with E-state index in [2.05, 4.69) is 10.6 Å². The zero-order valence-electron chi connectivity index (χ0n) is 16.4. The summed E-state index contributed by atoms with van der Waals surface area (Å²) in [5.74, 6) is 0.174. The third-order valence-corrected chi connectivity index (χ3v) is 5.00. The second-order valence-corrected chi connectivity index (χ2v) is 7.14. The maximum absolute atomic E-state index is 13.5. The summed E-state index contributed by atoms with van der Waals surface area (Å²) in [5, 5.41) is 5.11. The molecule has 1 aliphatic rings. The Morgan fingerprint density at radius 2 is 1.89 bits per heavy atom. The lowest BCUT2D eigenvalue weighted by Crippen LogP contribution is -3.28. The SMILES string of the molecule is CC[C@H](C)NC(=O)NC(=O)C[NH+]1CC[NH+](Cc2cc(F)ccc2OC)CC1. The van der Waals surface area contributed by atoms with Crippen LogP contribution in [0.5, 0.6) is 5.75 Å². The van der Waals surface area contributed by atoms with Crippen LogP contribution in [0.25, 0.3) is 0 Å². The Morgan fingerprint density at radius 1 is 1.22 bits per heavy atom. The minimum Gasteiger partial charge on any atom is -0.496 e. The number of hydrogen-bond acceptors (Lipinski definition) is 3. The minimum absolute atomic E-state index is 0.0390. The normalized spacial score (nSPS) is 20.6. The van der Waals surface area contributed by atoms with Crippen LogP contribution in [-0.2, 0) is 11.3 Å². The van der Waals surface area contributed by atoms with Crippen molar-refractivity contribution >= 4 is 11.9 Å². The van der Waals surface area contributed by atoms with E-state index in [1.807, 2.05) is 13.8 Å². The zero-order chi connectivity index (χ0) is 19.8. The third-order valence-electron chi connectivity index (χ3n) is 5.00. The first-order valence-corrected chi connectivity index (χ1v) is 9.51. The van der Waals surface area contributed by atoms with E-state index >= 15 is 0 Å². The van der Waals surface area contributed by atoms with Gasteiger partial charge < -0.3 is 19.9 Å². The topological polar surface area (TPSA) is 76.3 Å². The van der Waals surface area contributed by atoms with Gasteiger partial charge in [-0.25, -0.2) is 9.18 Å². The Kier molecular flexibility index (Phi) is 7.99. The van der Waals surface area contributed by atoms with Gasteiger partial charge in [0, 0.05) is 6.04 Å². The molecule has 1 aromatic carbocycles. The number of quaternary nitrogens is 2. The summed E-state index contributed by atoms with van der Waals surface area (Å²) in [5.41, 5.74) is 0.857. The Hall–Kier alpha value is -2.19. The minimum atomic E-state index is -0.434. The summed E-state index contributed by atoms with van der Waals surface area (Å²) in [6.07, 6.45) is 0.813. The number of carbonyl (C=O) groups is 2.